The number of aromatic nitrogens is 3. The number of nitrogens with one attached hydrogen (secondary N) is 1. The predicted octanol–water partition coefficient (Wildman–Crippen LogP) is 3.71. The van der Waals surface area contributed by atoms with Gasteiger partial charge in [0.15, 0.2) is 5.82 Å². The molecule has 0 spiro atoms. The zero-order valence-electron chi connectivity index (χ0n) is 11.7. The molecule has 1 aromatic carbocycles. The maximum Gasteiger partial charge on any atom is 0.264 e. The third-order valence-electron chi connectivity index (χ3n) is 3.33. The molecule has 0 aliphatic rings. The zero-order chi connectivity index (χ0) is 15.0. The van der Waals surface area contributed by atoms with E-state index in [0.29, 0.717) is 15.1 Å². The average molecular weight is 391 g/mol. The van der Waals surface area contributed by atoms with Gasteiger partial charge in [-0.2, -0.15) is 0 Å². The molecule has 106 valence electrons. The number of fused-ring (bicyclic) bond motifs is 1. The van der Waals surface area contributed by atoms with Gasteiger partial charge in [-0.05, 0) is 40.0 Å². The van der Waals surface area contributed by atoms with Crippen LogP contribution in [0.25, 0.3) is 22.3 Å². The molecule has 5 heteroatoms. The summed E-state index contributed by atoms with van der Waals surface area (Å²) in [6, 6.07) is 9.91. The summed E-state index contributed by atoms with van der Waals surface area (Å²) in [6.07, 6.45) is 1.74. The van der Waals surface area contributed by atoms with Crippen molar-refractivity contribution in [2.75, 3.05) is 0 Å². The maximum atomic E-state index is 12.1. The molecule has 0 aliphatic carbocycles. The molecule has 1 N–H and O–H groups in total. The lowest BCUT2D eigenvalue weighted by atomic mass is 10.1. The Morgan fingerprint density at radius 3 is 2.71 bits per heavy atom. The minimum Gasteiger partial charge on any atom is -0.304 e. The average Bonchev–Trinajstić information content (AvgIpc) is 2.49. The first-order valence-electron chi connectivity index (χ1n) is 6.71. The van der Waals surface area contributed by atoms with Crippen LogP contribution in [0.15, 0.2) is 41.3 Å². The highest BCUT2D eigenvalue weighted by atomic mass is 127. The number of H-pyrrole nitrogens is 1. The maximum absolute atomic E-state index is 12.1. The van der Waals surface area contributed by atoms with Gasteiger partial charge in [0.25, 0.3) is 5.56 Å². The fourth-order valence-corrected chi connectivity index (χ4v) is 3.16. The summed E-state index contributed by atoms with van der Waals surface area (Å²) in [5.74, 6) is 0.717. The molecule has 0 saturated carbocycles. The molecule has 0 saturated heterocycles. The molecule has 0 fully saturated rings. The first-order valence-corrected chi connectivity index (χ1v) is 7.79. The van der Waals surface area contributed by atoms with Gasteiger partial charge in [0.1, 0.15) is 5.69 Å². The van der Waals surface area contributed by atoms with Crippen molar-refractivity contribution in [2.45, 2.75) is 19.8 Å². The first kappa shape index (κ1) is 14.2. The Hall–Kier alpha value is -1.76. The van der Waals surface area contributed by atoms with Gasteiger partial charge in [0.2, 0.25) is 0 Å². The van der Waals surface area contributed by atoms with Crippen LogP contribution in [0.4, 0.5) is 0 Å². The molecule has 2 aromatic heterocycles. The fraction of sp³-hybridized carbons (Fsp3) is 0.188. The Morgan fingerprint density at radius 2 is 1.95 bits per heavy atom. The van der Waals surface area contributed by atoms with Gasteiger partial charge in [-0.1, -0.05) is 38.1 Å². The summed E-state index contributed by atoms with van der Waals surface area (Å²) < 4.78 is 0.645. The van der Waals surface area contributed by atoms with E-state index in [1.165, 1.54) is 0 Å². The lowest BCUT2D eigenvalue weighted by Crippen LogP contribution is -2.17. The molecular weight excluding hydrogens is 377 g/mol. The molecule has 3 aromatic rings. The van der Waals surface area contributed by atoms with Crippen LogP contribution >= 0.6 is 22.6 Å². The van der Waals surface area contributed by atoms with Crippen LogP contribution < -0.4 is 5.56 Å². The predicted molar refractivity (Wildman–Crippen MR) is 92.4 cm³/mol. The highest BCUT2D eigenvalue weighted by Gasteiger charge is 2.15. The van der Waals surface area contributed by atoms with Gasteiger partial charge in [0.05, 0.1) is 9.26 Å². The highest BCUT2D eigenvalue weighted by Crippen LogP contribution is 2.25. The summed E-state index contributed by atoms with van der Waals surface area (Å²) >= 11 is 2.05. The number of hydrogen-bond donors (Lipinski definition) is 1. The van der Waals surface area contributed by atoms with Crippen LogP contribution in [0.2, 0.25) is 0 Å². The van der Waals surface area contributed by atoms with Crippen LogP contribution in [0.1, 0.15) is 25.5 Å². The summed E-state index contributed by atoms with van der Waals surface area (Å²) in [6.45, 7) is 4.06. The molecule has 0 aliphatic heterocycles. The monoisotopic (exact) mass is 391 g/mol. The Kier molecular flexibility index (Phi) is 3.75. The van der Waals surface area contributed by atoms with E-state index in [-0.39, 0.29) is 11.5 Å². The summed E-state index contributed by atoms with van der Waals surface area (Å²) in [4.78, 5) is 24.0. The summed E-state index contributed by atoms with van der Waals surface area (Å²) in [5, 5.41) is 2.06. The first-order chi connectivity index (χ1) is 10.1. The number of nitrogens with zero attached hydrogens (tertiary/aromatic N) is 2. The second-order valence-electron chi connectivity index (χ2n) is 5.15. The second-order valence-corrected chi connectivity index (χ2v) is 6.23. The molecule has 0 unspecified atom stereocenters. The SMILES string of the molecule is CC(C)c1nc(-c2nccc3ccccc23)[nH]c(=O)c1I. The summed E-state index contributed by atoms with van der Waals surface area (Å²) in [7, 11) is 0. The molecule has 21 heavy (non-hydrogen) atoms. The molecule has 3 rings (SSSR count). The van der Waals surface area contributed by atoms with Crippen LogP contribution in [0.3, 0.4) is 0 Å². The van der Waals surface area contributed by atoms with Crippen molar-refractivity contribution in [1.82, 2.24) is 15.0 Å². The second kappa shape index (κ2) is 5.55. The van der Waals surface area contributed by atoms with Gasteiger partial charge in [-0.3, -0.25) is 9.78 Å². The molecule has 0 amide bonds. The van der Waals surface area contributed by atoms with E-state index in [0.717, 1.165) is 16.5 Å². The number of aromatic amines is 1. The van der Waals surface area contributed by atoms with Crippen LogP contribution in [-0.2, 0) is 0 Å². The van der Waals surface area contributed by atoms with Crippen LogP contribution in [0.5, 0.6) is 0 Å². The minimum absolute atomic E-state index is 0.112. The van der Waals surface area contributed by atoms with E-state index in [1.54, 1.807) is 6.20 Å². The van der Waals surface area contributed by atoms with E-state index in [2.05, 4.69) is 15.0 Å². The van der Waals surface area contributed by atoms with Crippen LogP contribution in [0, 0.1) is 3.57 Å². The van der Waals surface area contributed by atoms with E-state index in [9.17, 15) is 4.79 Å². The lowest BCUT2D eigenvalue weighted by molar-refractivity contribution is 0.802. The van der Waals surface area contributed by atoms with Crippen molar-refractivity contribution >= 4 is 33.4 Å². The smallest absolute Gasteiger partial charge is 0.264 e. The zero-order valence-corrected chi connectivity index (χ0v) is 13.9. The normalized spacial score (nSPS) is 11.2. The van der Waals surface area contributed by atoms with Gasteiger partial charge < -0.3 is 4.98 Å². The lowest BCUT2D eigenvalue weighted by Gasteiger charge is -2.10. The van der Waals surface area contributed by atoms with Crippen molar-refractivity contribution < 1.29 is 0 Å². The van der Waals surface area contributed by atoms with Crippen molar-refractivity contribution in [3.8, 4) is 11.5 Å². The summed E-state index contributed by atoms with van der Waals surface area (Å²) in [5.41, 5.74) is 1.41. The molecule has 0 atom stereocenters. The van der Waals surface area contributed by atoms with Gasteiger partial charge in [-0.15, -0.1) is 0 Å². The Bertz CT molecular complexity index is 866. The van der Waals surface area contributed by atoms with Gasteiger partial charge >= 0.3 is 0 Å². The van der Waals surface area contributed by atoms with Crippen molar-refractivity contribution in [3.63, 3.8) is 0 Å². The largest absolute Gasteiger partial charge is 0.304 e. The number of rotatable bonds is 2. The Balaban J connectivity index is 2.31. The molecular formula is C16H14IN3O. The van der Waals surface area contributed by atoms with Gasteiger partial charge in [0, 0.05) is 11.6 Å². The fourth-order valence-electron chi connectivity index (χ4n) is 2.28. The van der Waals surface area contributed by atoms with Gasteiger partial charge in [-0.25, -0.2) is 4.98 Å². The Labute approximate surface area is 135 Å². The van der Waals surface area contributed by atoms with E-state index in [4.69, 9.17) is 0 Å². The topological polar surface area (TPSA) is 58.6 Å². The molecule has 2 heterocycles. The van der Waals surface area contributed by atoms with Crippen molar-refractivity contribution in [3.05, 3.63) is 56.1 Å². The van der Waals surface area contributed by atoms with Crippen molar-refractivity contribution in [1.29, 1.82) is 0 Å². The highest BCUT2D eigenvalue weighted by molar-refractivity contribution is 14.1. The number of pyridine rings is 1. The van der Waals surface area contributed by atoms with E-state index < -0.39 is 0 Å². The third kappa shape index (κ3) is 2.57. The molecule has 0 radical (unpaired) electrons. The Morgan fingerprint density at radius 1 is 1.19 bits per heavy atom. The van der Waals surface area contributed by atoms with E-state index >= 15 is 0 Å². The standard InChI is InChI=1S/C16H14IN3O/c1-9(2)13-12(17)16(21)20-15(19-13)14-11-6-4-3-5-10(11)7-8-18-14/h3-9H,1-2H3,(H,19,20,21). The van der Waals surface area contributed by atoms with E-state index in [1.807, 2.05) is 66.8 Å². The molecule has 4 nitrogen and oxygen atoms in total. The third-order valence-corrected chi connectivity index (χ3v) is 4.38. The minimum atomic E-state index is -0.112. The molecule has 0 bridgehead atoms. The number of hydrogen-bond acceptors (Lipinski definition) is 3. The number of benzene rings is 1. The van der Waals surface area contributed by atoms with Crippen molar-refractivity contribution in [2.24, 2.45) is 0 Å². The number of halogens is 1. The van der Waals surface area contributed by atoms with Crippen LogP contribution in [-0.4, -0.2) is 15.0 Å². The quantitative estimate of drug-likeness (QED) is 0.678.